The molecule has 6 nitrogen and oxygen atoms in total. The molecule has 1 aliphatic carbocycles. The first-order valence-corrected chi connectivity index (χ1v) is 8.04. The average Bonchev–Trinajstić information content (AvgIpc) is 3.23. The molecule has 3 rings (SSSR count). The summed E-state index contributed by atoms with van der Waals surface area (Å²) >= 11 is 0. The van der Waals surface area contributed by atoms with E-state index in [2.05, 4.69) is 27.3 Å². The Morgan fingerprint density at radius 1 is 1.32 bits per heavy atom. The maximum Gasteiger partial charge on any atom is 0.194 e. The van der Waals surface area contributed by atoms with Gasteiger partial charge in [0, 0.05) is 26.2 Å². The van der Waals surface area contributed by atoms with Crippen LogP contribution in [0.3, 0.4) is 0 Å². The highest BCUT2D eigenvalue weighted by Crippen LogP contribution is 2.21. The molecule has 1 saturated heterocycles. The number of aryl methyl sites for hydroxylation is 1. The fourth-order valence-electron chi connectivity index (χ4n) is 2.76. The number of piperidine rings is 1. The minimum Gasteiger partial charge on any atom is -0.353 e. The normalized spacial score (nSPS) is 22.4. The van der Waals surface area contributed by atoms with Gasteiger partial charge in [-0.3, -0.25) is 0 Å². The lowest BCUT2D eigenvalue weighted by atomic mass is 10.0. The third-order valence-corrected chi connectivity index (χ3v) is 4.42. The van der Waals surface area contributed by atoms with E-state index in [0.717, 1.165) is 36.6 Å². The SMILES string of the molecule is Cc1nnc(CN=C(NC2CC2)N2CCCC(C)C2)n1C.I. The van der Waals surface area contributed by atoms with Gasteiger partial charge in [0.2, 0.25) is 0 Å². The fraction of sp³-hybridized carbons (Fsp3) is 0.800. The third-order valence-electron chi connectivity index (χ3n) is 4.42. The van der Waals surface area contributed by atoms with Crippen LogP contribution in [0, 0.1) is 12.8 Å². The van der Waals surface area contributed by atoms with Crippen LogP contribution < -0.4 is 5.32 Å². The number of hydrogen-bond donors (Lipinski definition) is 1. The zero-order chi connectivity index (χ0) is 14.8. The van der Waals surface area contributed by atoms with Gasteiger partial charge in [-0.25, -0.2) is 4.99 Å². The summed E-state index contributed by atoms with van der Waals surface area (Å²) in [6.45, 7) is 7.11. The van der Waals surface area contributed by atoms with Gasteiger partial charge >= 0.3 is 0 Å². The van der Waals surface area contributed by atoms with E-state index < -0.39 is 0 Å². The number of aromatic nitrogens is 3. The Morgan fingerprint density at radius 2 is 2.09 bits per heavy atom. The van der Waals surface area contributed by atoms with E-state index in [0.29, 0.717) is 12.6 Å². The monoisotopic (exact) mass is 418 g/mol. The van der Waals surface area contributed by atoms with Gasteiger partial charge in [0.15, 0.2) is 11.8 Å². The maximum atomic E-state index is 4.81. The molecular weight excluding hydrogens is 391 g/mol. The van der Waals surface area contributed by atoms with Crippen LogP contribution in [0.5, 0.6) is 0 Å². The van der Waals surface area contributed by atoms with Gasteiger partial charge in [-0.2, -0.15) is 0 Å². The van der Waals surface area contributed by atoms with Crippen LogP contribution in [0.15, 0.2) is 4.99 Å². The van der Waals surface area contributed by atoms with Crippen molar-refractivity contribution in [2.24, 2.45) is 18.0 Å². The molecule has 7 heteroatoms. The molecule has 1 saturated carbocycles. The molecule has 0 radical (unpaired) electrons. The molecule has 2 fully saturated rings. The molecule has 0 spiro atoms. The molecule has 0 amide bonds. The quantitative estimate of drug-likeness (QED) is 0.464. The lowest BCUT2D eigenvalue weighted by Crippen LogP contribution is -2.47. The van der Waals surface area contributed by atoms with Crippen molar-refractivity contribution >= 4 is 29.9 Å². The summed E-state index contributed by atoms with van der Waals surface area (Å²) < 4.78 is 2.01. The van der Waals surface area contributed by atoms with Crippen LogP contribution >= 0.6 is 24.0 Å². The summed E-state index contributed by atoms with van der Waals surface area (Å²) in [5.74, 6) is 3.67. The van der Waals surface area contributed by atoms with E-state index in [1.165, 1.54) is 25.7 Å². The van der Waals surface area contributed by atoms with Crippen molar-refractivity contribution in [3.8, 4) is 0 Å². The lowest BCUT2D eigenvalue weighted by Gasteiger charge is -2.33. The Bertz CT molecular complexity index is 522. The van der Waals surface area contributed by atoms with Gasteiger partial charge < -0.3 is 14.8 Å². The lowest BCUT2D eigenvalue weighted by molar-refractivity contribution is 0.265. The predicted molar refractivity (Wildman–Crippen MR) is 98.4 cm³/mol. The fourth-order valence-corrected chi connectivity index (χ4v) is 2.76. The van der Waals surface area contributed by atoms with Crippen molar-refractivity contribution in [1.82, 2.24) is 25.0 Å². The smallest absolute Gasteiger partial charge is 0.194 e. The third kappa shape index (κ3) is 4.33. The second kappa shape index (κ2) is 7.61. The maximum absolute atomic E-state index is 4.81. The number of halogens is 1. The standard InChI is InChI=1S/C15H26N6.HI/c1-11-5-4-8-21(10-11)15(17-13-6-7-13)16-9-14-19-18-12(2)20(14)3;/h11,13H,4-10H2,1-3H3,(H,16,17);1H. The molecule has 2 aliphatic rings. The molecule has 124 valence electrons. The number of rotatable bonds is 3. The number of guanidine groups is 1. The van der Waals surface area contributed by atoms with Gasteiger partial charge in [-0.05, 0) is 38.5 Å². The topological polar surface area (TPSA) is 58.3 Å². The first-order valence-electron chi connectivity index (χ1n) is 8.04. The van der Waals surface area contributed by atoms with E-state index in [1.807, 2.05) is 18.5 Å². The molecule has 1 unspecified atom stereocenters. The van der Waals surface area contributed by atoms with E-state index in [-0.39, 0.29) is 24.0 Å². The van der Waals surface area contributed by atoms with Crippen LogP contribution in [0.4, 0.5) is 0 Å². The highest BCUT2D eigenvalue weighted by molar-refractivity contribution is 14.0. The molecule has 1 aromatic heterocycles. The van der Waals surface area contributed by atoms with E-state index >= 15 is 0 Å². The number of hydrogen-bond acceptors (Lipinski definition) is 3. The molecule has 1 aliphatic heterocycles. The second-order valence-corrected chi connectivity index (χ2v) is 6.47. The zero-order valence-electron chi connectivity index (χ0n) is 13.7. The minimum atomic E-state index is 0. The molecule has 22 heavy (non-hydrogen) atoms. The van der Waals surface area contributed by atoms with Crippen LogP contribution in [0.25, 0.3) is 0 Å². The van der Waals surface area contributed by atoms with Crippen LogP contribution in [-0.4, -0.2) is 44.8 Å². The van der Waals surface area contributed by atoms with Crippen molar-refractivity contribution in [2.75, 3.05) is 13.1 Å². The number of likely N-dealkylation sites (tertiary alicyclic amines) is 1. The van der Waals surface area contributed by atoms with Gasteiger partial charge in [-0.1, -0.05) is 6.92 Å². The number of nitrogens with zero attached hydrogens (tertiary/aromatic N) is 5. The summed E-state index contributed by atoms with van der Waals surface area (Å²) in [4.78, 5) is 7.23. The van der Waals surface area contributed by atoms with Crippen molar-refractivity contribution in [3.05, 3.63) is 11.6 Å². The van der Waals surface area contributed by atoms with Crippen molar-refractivity contribution in [1.29, 1.82) is 0 Å². The molecule has 1 atom stereocenters. The van der Waals surface area contributed by atoms with Crippen molar-refractivity contribution < 1.29 is 0 Å². The minimum absolute atomic E-state index is 0. The predicted octanol–water partition coefficient (Wildman–Crippen LogP) is 2.08. The molecule has 1 N–H and O–H groups in total. The van der Waals surface area contributed by atoms with Gasteiger partial charge in [-0.15, -0.1) is 34.2 Å². The van der Waals surface area contributed by atoms with E-state index in [9.17, 15) is 0 Å². The van der Waals surface area contributed by atoms with Crippen LogP contribution in [0.2, 0.25) is 0 Å². The Labute approximate surface area is 149 Å². The van der Waals surface area contributed by atoms with Gasteiger partial charge in [0.05, 0.1) is 0 Å². The average molecular weight is 418 g/mol. The summed E-state index contributed by atoms with van der Waals surface area (Å²) in [5.41, 5.74) is 0. The first kappa shape index (κ1) is 17.5. The summed E-state index contributed by atoms with van der Waals surface area (Å²) in [5, 5.41) is 11.9. The summed E-state index contributed by atoms with van der Waals surface area (Å²) in [7, 11) is 2.00. The Kier molecular flexibility index (Phi) is 6.05. The molecule has 0 bridgehead atoms. The van der Waals surface area contributed by atoms with Crippen molar-refractivity contribution in [3.63, 3.8) is 0 Å². The highest BCUT2D eigenvalue weighted by atomic mass is 127. The highest BCUT2D eigenvalue weighted by Gasteiger charge is 2.26. The van der Waals surface area contributed by atoms with Crippen LogP contribution in [0.1, 0.15) is 44.3 Å². The zero-order valence-corrected chi connectivity index (χ0v) is 16.1. The Morgan fingerprint density at radius 3 is 2.68 bits per heavy atom. The number of aliphatic imine (C=N–C) groups is 1. The van der Waals surface area contributed by atoms with Crippen LogP contribution in [-0.2, 0) is 13.6 Å². The summed E-state index contributed by atoms with van der Waals surface area (Å²) in [6.07, 6.45) is 5.13. The van der Waals surface area contributed by atoms with E-state index in [1.54, 1.807) is 0 Å². The molecule has 0 aromatic carbocycles. The number of nitrogens with one attached hydrogen (secondary N) is 1. The van der Waals surface area contributed by atoms with Gasteiger partial charge in [0.25, 0.3) is 0 Å². The summed E-state index contributed by atoms with van der Waals surface area (Å²) in [6, 6.07) is 0.627. The van der Waals surface area contributed by atoms with Gasteiger partial charge in [0.1, 0.15) is 12.4 Å². The largest absolute Gasteiger partial charge is 0.353 e. The first-order chi connectivity index (χ1) is 10.1. The molecule has 2 heterocycles. The molecule has 1 aromatic rings. The molecular formula is C15H27IN6. The van der Waals surface area contributed by atoms with E-state index in [4.69, 9.17) is 4.99 Å². The Balaban J connectivity index is 0.00000176. The second-order valence-electron chi connectivity index (χ2n) is 6.47. The Hall–Kier alpha value is -0.860. The van der Waals surface area contributed by atoms with Crippen molar-refractivity contribution in [2.45, 2.75) is 52.1 Å².